The van der Waals surface area contributed by atoms with Crippen LogP contribution in [-0.2, 0) is 16.1 Å². The van der Waals surface area contributed by atoms with Gasteiger partial charge in [-0.3, -0.25) is 4.79 Å². The van der Waals surface area contributed by atoms with Crippen molar-refractivity contribution in [2.24, 2.45) is 5.92 Å². The molecule has 1 heterocycles. The van der Waals surface area contributed by atoms with Gasteiger partial charge in [0.05, 0.1) is 12.3 Å². The van der Waals surface area contributed by atoms with Gasteiger partial charge in [-0.1, -0.05) is 23.7 Å². The number of pyridine rings is 1. The molecule has 7 heteroatoms. The monoisotopic (exact) mass is 421 g/mol. The van der Waals surface area contributed by atoms with E-state index in [2.05, 4.69) is 4.98 Å². The molecule has 2 aromatic rings. The van der Waals surface area contributed by atoms with Gasteiger partial charge in [-0.25, -0.2) is 13.8 Å². The molecule has 154 valence electrons. The van der Waals surface area contributed by atoms with E-state index in [-0.39, 0.29) is 35.0 Å². The summed E-state index contributed by atoms with van der Waals surface area (Å²) in [5.74, 6) is -1.25. The van der Waals surface area contributed by atoms with Crippen LogP contribution in [0.1, 0.15) is 43.9 Å². The number of carbonyl (C=O) groups is 1. The fourth-order valence-corrected chi connectivity index (χ4v) is 3.41. The number of ether oxygens (including phenoxy) is 2. The number of esters is 1. The second kappa shape index (κ2) is 9.83. The molecule has 0 fully saturated rings. The number of allylic oxidation sites excluding steroid dienone is 2. The molecule has 1 atom stereocenters. The van der Waals surface area contributed by atoms with Gasteiger partial charge in [0, 0.05) is 17.0 Å². The smallest absolute Gasteiger partial charge is 0.306 e. The van der Waals surface area contributed by atoms with E-state index in [0.29, 0.717) is 18.7 Å². The zero-order chi connectivity index (χ0) is 20.8. The molecule has 1 unspecified atom stereocenters. The largest absolute Gasteiger partial charge is 0.471 e. The van der Waals surface area contributed by atoms with E-state index < -0.39 is 11.6 Å². The predicted octanol–water partition coefficient (Wildman–Crippen LogP) is 5.73. The van der Waals surface area contributed by atoms with Gasteiger partial charge in [-0.2, -0.15) is 0 Å². The molecular formula is C22H22ClF2NO3. The maximum Gasteiger partial charge on any atom is 0.306 e. The van der Waals surface area contributed by atoms with Crippen LogP contribution in [0.4, 0.5) is 8.78 Å². The lowest BCUT2D eigenvalue weighted by molar-refractivity contribution is -0.144. The number of rotatable bonds is 7. The van der Waals surface area contributed by atoms with Crippen LogP contribution in [0.25, 0.3) is 5.57 Å². The van der Waals surface area contributed by atoms with Gasteiger partial charge in [-0.15, -0.1) is 0 Å². The van der Waals surface area contributed by atoms with E-state index in [1.165, 1.54) is 18.2 Å². The second-order valence-corrected chi connectivity index (χ2v) is 7.32. The second-order valence-electron chi connectivity index (χ2n) is 6.89. The van der Waals surface area contributed by atoms with Gasteiger partial charge in [0.25, 0.3) is 5.88 Å². The number of aromatic nitrogens is 1. The van der Waals surface area contributed by atoms with Crippen molar-refractivity contribution >= 4 is 23.1 Å². The lowest BCUT2D eigenvalue weighted by Gasteiger charge is -2.21. The van der Waals surface area contributed by atoms with Gasteiger partial charge in [0.1, 0.15) is 12.4 Å². The number of nitrogens with zero attached hydrogens (tertiary/aromatic N) is 1. The molecule has 0 saturated heterocycles. The van der Waals surface area contributed by atoms with Crippen molar-refractivity contribution in [3.63, 3.8) is 0 Å². The molecule has 0 bridgehead atoms. The third-order valence-electron chi connectivity index (χ3n) is 4.80. The van der Waals surface area contributed by atoms with Crippen LogP contribution in [0.3, 0.4) is 0 Å². The van der Waals surface area contributed by atoms with Crippen LogP contribution in [0.15, 0.2) is 36.4 Å². The standard InChI is InChI=1S/C22H22ClF2NO3/c1-2-28-21(27)11-14-3-5-15(6-4-14)20-10-9-18(24)22(26-20)29-13-16-7-8-17(23)12-19(16)25/h5,7-10,12,14H,2-4,6,11,13H2,1H3. The van der Waals surface area contributed by atoms with Crippen LogP contribution in [0.2, 0.25) is 5.02 Å². The van der Waals surface area contributed by atoms with Gasteiger partial charge in [-0.05, 0) is 61.9 Å². The van der Waals surface area contributed by atoms with Crippen molar-refractivity contribution in [3.05, 3.63) is 64.3 Å². The maximum atomic E-state index is 14.1. The van der Waals surface area contributed by atoms with Crippen molar-refractivity contribution in [3.8, 4) is 5.88 Å². The van der Waals surface area contributed by atoms with Gasteiger partial charge in [0.2, 0.25) is 0 Å². The summed E-state index contributed by atoms with van der Waals surface area (Å²) in [6.45, 7) is 2.02. The summed E-state index contributed by atoms with van der Waals surface area (Å²) in [6.07, 6.45) is 4.72. The first-order valence-electron chi connectivity index (χ1n) is 9.54. The minimum atomic E-state index is -0.611. The van der Waals surface area contributed by atoms with Crippen molar-refractivity contribution in [1.29, 1.82) is 0 Å². The molecule has 0 N–H and O–H groups in total. The number of hydrogen-bond acceptors (Lipinski definition) is 4. The molecule has 1 aliphatic carbocycles. The van der Waals surface area contributed by atoms with Crippen molar-refractivity contribution in [2.45, 2.75) is 39.2 Å². The minimum absolute atomic E-state index is 0.156. The SMILES string of the molecule is CCOC(=O)CC1CC=C(c2ccc(F)c(OCc3ccc(Cl)cc3F)n2)CC1. The van der Waals surface area contributed by atoms with E-state index in [4.69, 9.17) is 21.1 Å². The maximum absolute atomic E-state index is 14.1. The van der Waals surface area contributed by atoms with Crippen molar-refractivity contribution in [2.75, 3.05) is 6.61 Å². The summed E-state index contributed by atoms with van der Waals surface area (Å²) in [7, 11) is 0. The lowest BCUT2D eigenvalue weighted by Crippen LogP contribution is -2.14. The van der Waals surface area contributed by atoms with Gasteiger partial charge in [0.15, 0.2) is 5.82 Å². The zero-order valence-corrected chi connectivity index (χ0v) is 16.8. The van der Waals surface area contributed by atoms with Gasteiger partial charge < -0.3 is 9.47 Å². The Bertz CT molecular complexity index is 917. The third-order valence-corrected chi connectivity index (χ3v) is 5.04. The highest BCUT2D eigenvalue weighted by Crippen LogP contribution is 2.32. The number of halogens is 3. The average molecular weight is 422 g/mol. The van der Waals surface area contributed by atoms with Crippen molar-refractivity contribution in [1.82, 2.24) is 4.98 Å². The Morgan fingerprint density at radius 2 is 2.07 bits per heavy atom. The van der Waals surface area contributed by atoms with Crippen LogP contribution in [-0.4, -0.2) is 17.6 Å². The fourth-order valence-electron chi connectivity index (χ4n) is 3.25. The van der Waals surface area contributed by atoms with E-state index in [1.807, 2.05) is 6.08 Å². The first kappa shape index (κ1) is 21.2. The molecule has 0 amide bonds. The fraction of sp³-hybridized carbons (Fsp3) is 0.364. The Morgan fingerprint density at radius 3 is 2.76 bits per heavy atom. The Labute approximate surface area is 173 Å². The average Bonchev–Trinajstić information content (AvgIpc) is 2.69. The van der Waals surface area contributed by atoms with Gasteiger partial charge >= 0.3 is 5.97 Å². The molecule has 0 spiro atoms. The summed E-state index contributed by atoms with van der Waals surface area (Å²) >= 11 is 5.73. The normalized spacial score (nSPS) is 16.3. The van der Waals surface area contributed by atoms with Crippen LogP contribution in [0.5, 0.6) is 5.88 Å². The highest BCUT2D eigenvalue weighted by Gasteiger charge is 2.20. The highest BCUT2D eigenvalue weighted by atomic mass is 35.5. The summed E-state index contributed by atoms with van der Waals surface area (Å²) in [5, 5.41) is 0.281. The van der Waals surface area contributed by atoms with Crippen molar-refractivity contribution < 1.29 is 23.0 Å². The Morgan fingerprint density at radius 1 is 1.24 bits per heavy atom. The first-order valence-corrected chi connectivity index (χ1v) is 9.92. The summed E-state index contributed by atoms with van der Waals surface area (Å²) in [5.41, 5.74) is 1.86. The Balaban J connectivity index is 1.66. The molecule has 4 nitrogen and oxygen atoms in total. The Hall–Kier alpha value is -2.47. The summed E-state index contributed by atoms with van der Waals surface area (Å²) in [4.78, 5) is 15.9. The molecule has 1 aliphatic rings. The zero-order valence-electron chi connectivity index (χ0n) is 16.1. The quantitative estimate of drug-likeness (QED) is 0.536. The van der Waals surface area contributed by atoms with Crippen LogP contribution in [0, 0.1) is 17.6 Å². The Kier molecular flexibility index (Phi) is 7.20. The van der Waals surface area contributed by atoms with E-state index in [1.54, 1.807) is 19.1 Å². The first-order chi connectivity index (χ1) is 14.0. The van der Waals surface area contributed by atoms with E-state index in [9.17, 15) is 13.6 Å². The predicted molar refractivity (Wildman–Crippen MR) is 107 cm³/mol. The molecule has 1 aromatic carbocycles. The summed E-state index contributed by atoms with van der Waals surface area (Å²) in [6, 6.07) is 7.11. The topological polar surface area (TPSA) is 48.4 Å². The highest BCUT2D eigenvalue weighted by molar-refractivity contribution is 6.30. The molecular weight excluding hydrogens is 400 g/mol. The lowest BCUT2D eigenvalue weighted by atomic mass is 9.86. The number of benzene rings is 1. The molecule has 1 aromatic heterocycles. The van der Waals surface area contributed by atoms with Crippen LogP contribution >= 0.6 is 11.6 Å². The molecule has 0 radical (unpaired) electrons. The summed E-state index contributed by atoms with van der Waals surface area (Å²) < 4.78 is 38.4. The molecule has 0 saturated carbocycles. The van der Waals surface area contributed by atoms with Crippen LogP contribution < -0.4 is 4.74 Å². The molecule has 29 heavy (non-hydrogen) atoms. The minimum Gasteiger partial charge on any atom is -0.471 e. The third kappa shape index (κ3) is 5.76. The molecule has 3 rings (SSSR count). The van der Waals surface area contributed by atoms with E-state index in [0.717, 1.165) is 24.8 Å². The number of hydrogen-bond donors (Lipinski definition) is 0. The number of carbonyl (C=O) groups excluding carboxylic acids is 1. The molecule has 0 aliphatic heterocycles. The van der Waals surface area contributed by atoms with E-state index >= 15 is 0 Å².